The molecule has 0 spiro atoms. The maximum atomic E-state index is 7.33. The summed E-state index contributed by atoms with van der Waals surface area (Å²) in [5.41, 5.74) is 21.8. The highest BCUT2D eigenvalue weighted by molar-refractivity contribution is 7.00. The van der Waals surface area contributed by atoms with E-state index in [9.17, 15) is 0 Å². The highest BCUT2D eigenvalue weighted by Gasteiger charge is 2.61. The van der Waals surface area contributed by atoms with Gasteiger partial charge in [0.25, 0.3) is 6.71 Å². The molecule has 3 aliphatic heterocycles. The van der Waals surface area contributed by atoms with Crippen molar-refractivity contribution in [2.24, 2.45) is 0 Å². The minimum atomic E-state index is -0.0481. The van der Waals surface area contributed by atoms with Gasteiger partial charge in [-0.3, -0.25) is 0 Å². The average Bonchev–Trinajstić information content (AvgIpc) is 3.68. The third kappa shape index (κ3) is 5.30. The van der Waals surface area contributed by atoms with Crippen molar-refractivity contribution in [3.05, 3.63) is 131 Å². The zero-order valence-corrected chi connectivity index (χ0v) is 38.5. The van der Waals surface area contributed by atoms with Gasteiger partial charge < -0.3 is 14.2 Å². The summed E-state index contributed by atoms with van der Waals surface area (Å²) in [5, 5.41) is 2.34. The van der Waals surface area contributed by atoms with E-state index in [0.29, 0.717) is 0 Å². The van der Waals surface area contributed by atoms with Crippen LogP contribution in [0, 0.1) is 6.92 Å². The number of furan rings is 1. The van der Waals surface area contributed by atoms with Gasteiger partial charge in [-0.1, -0.05) is 155 Å². The molecule has 4 heterocycles. The van der Waals surface area contributed by atoms with E-state index < -0.39 is 0 Å². The Morgan fingerprint density at radius 3 is 1.97 bits per heavy atom. The molecule has 3 nitrogen and oxygen atoms in total. The molecular weight excluding hydrogens is 739 g/mol. The van der Waals surface area contributed by atoms with Crippen molar-refractivity contribution in [1.82, 2.24) is 0 Å². The molecule has 2 atom stereocenters. The predicted octanol–water partition coefficient (Wildman–Crippen LogP) is 13.8. The Hall–Kier alpha value is -5.22. The van der Waals surface area contributed by atoms with Crippen LogP contribution in [0.4, 0.5) is 28.4 Å². The summed E-state index contributed by atoms with van der Waals surface area (Å²) in [5.74, 6) is 0. The highest BCUT2D eigenvalue weighted by atomic mass is 16.3. The molecule has 0 radical (unpaired) electrons. The first-order valence-corrected chi connectivity index (χ1v) is 22.9. The molecule has 0 N–H and O–H groups in total. The van der Waals surface area contributed by atoms with E-state index in [1.165, 1.54) is 109 Å². The first-order valence-electron chi connectivity index (χ1n) is 22.9. The summed E-state index contributed by atoms with van der Waals surface area (Å²) in [7, 11) is 0. The Morgan fingerprint density at radius 2 is 1.25 bits per heavy atom. The monoisotopic (exact) mass is 800 g/mol. The van der Waals surface area contributed by atoms with Crippen LogP contribution < -0.4 is 26.2 Å². The number of hydrogen-bond donors (Lipinski definition) is 0. The van der Waals surface area contributed by atoms with Crippen molar-refractivity contribution in [3.8, 4) is 11.1 Å². The Labute approximate surface area is 364 Å². The molecule has 0 amide bonds. The Balaban J connectivity index is 1.31. The maximum Gasteiger partial charge on any atom is 0.252 e. The van der Waals surface area contributed by atoms with Gasteiger partial charge in [-0.2, -0.15) is 0 Å². The minimum absolute atomic E-state index is 0.00174. The van der Waals surface area contributed by atoms with E-state index in [0.717, 1.165) is 16.9 Å². The van der Waals surface area contributed by atoms with Crippen LogP contribution in [0.15, 0.2) is 108 Å². The average molecular weight is 801 g/mol. The number of aryl methyl sites for hydroxylation is 1. The fraction of sp³-hybridized carbons (Fsp3) is 0.368. The molecule has 1 fully saturated rings. The summed E-state index contributed by atoms with van der Waals surface area (Å²) in [6.07, 6.45) is 4.91. The van der Waals surface area contributed by atoms with E-state index in [-0.39, 0.29) is 33.9 Å². The number of benzene rings is 6. The lowest BCUT2D eigenvalue weighted by molar-refractivity contribution is 0.195. The van der Waals surface area contributed by atoms with Crippen molar-refractivity contribution < 1.29 is 4.42 Å². The minimum Gasteiger partial charge on any atom is -0.454 e. The Morgan fingerprint density at radius 1 is 0.590 bits per heavy atom. The van der Waals surface area contributed by atoms with E-state index in [2.05, 4.69) is 196 Å². The Kier molecular flexibility index (Phi) is 7.90. The number of hydrogen-bond acceptors (Lipinski definition) is 3. The fourth-order valence-electron chi connectivity index (χ4n) is 12.0. The molecule has 7 aromatic rings. The first kappa shape index (κ1) is 38.7. The van der Waals surface area contributed by atoms with Crippen LogP contribution in [0.1, 0.15) is 130 Å². The van der Waals surface area contributed by atoms with Gasteiger partial charge in [0, 0.05) is 38.8 Å². The molecule has 6 aromatic carbocycles. The van der Waals surface area contributed by atoms with Crippen LogP contribution in [0.2, 0.25) is 0 Å². The van der Waals surface area contributed by atoms with Crippen molar-refractivity contribution >= 4 is 73.5 Å². The van der Waals surface area contributed by atoms with Gasteiger partial charge in [0.05, 0.1) is 16.9 Å². The van der Waals surface area contributed by atoms with Crippen LogP contribution in [0.3, 0.4) is 0 Å². The Bertz CT molecular complexity index is 2990. The molecule has 0 saturated heterocycles. The second-order valence-corrected chi connectivity index (χ2v) is 22.6. The lowest BCUT2D eigenvalue weighted by Crippen LogP contribution is -2.64. The lowest BCUT2D eigenvalue weighted by atomic mass is 9.33. The molecule has 2 unspecified atom stereocenters. The molecule has 0 bridgehead atoms. The standard InChI is InChI=1S/C57H61BN2O/c1-34-28-46-49-47(29-34)60-50-42(56(11)26-16-17-27-57(56,60)12)31-38(55(8,9)10)32-44(50)58(49)43-24-23-40-39-22-20-37(54(5,6)7)33-48(39)61-52(40)51(43)59(46)45-25-21-36(53(2,3)4)30-41(45)35-18-14-13-15-19-35/h13-15,18-25,28-33H,16-17,26-27H2,1-12H3. The van der Waals surface area contributed by atoms with Gasteiger partial charge in [0.2, 0.25) is 0 Å². The number of nitrogens with zero attached hydrogens (tertiary/aromatic N) is 2. The van der Waals surface area contributed by atoms with E-state index in [1.54, 1.807) is 5.56 Å². The molecular formula is C57H61BN2O. The van der Waals surface area contributed by atoms with Crippen molar-refractivity contribution in [1.29, 1.82) is 0 Å². The molecule has 1 saturated carbocycles. The third-order valence-corrected chi connectivity index (χ3v) is 15.7. The molecule has 61 heavy (non-hydrogen) atoms. The summed E-state index contributed by atoms with van der Waals surface area (Å²) >= 11 is 0. The van der Waals surface area contributed by atoms with Gasteiger partial charge >= 0.3 is 0 Å². The van der Waals surface area contributed by atoms with Gasteiger partial charge in [0.1, 0.15) is 5.58 Å². The van der Waals surface area contributed by atoms with Crippen molar-refractivity contribution in [3.63, 3.8) is 0 Å². The zero-order chi connectivity index (χ0) is 42.8. The zero-order valence-electron chi connectivity index (χ0n) is 38.5. The smallest absolute Gasteiger partial charge is 0.252 e. The lowest BCUT2D eigenvalue weighted by Gasteiger charge is -2.52. The summed E-state index contributed by atoms with van der Waals surface area (Å²) in [6, 6.07) is 40.3. The largest absolute Gasteiger partial charge is 0.454 e. The van der Waals surface area contributed by atoms with Crippen molar-refractivity contribution in [2.45, 2.75) is 136 Å². The third-order valence-electron chi connectivity index (χ3n) is 15.7. The summed E-state index contributed by atoms with van der Waals surface area (Å²) in [4.78, 5) is 5.49. The second kappa shape index (κ2) is 12.5. The molecule has 11 rings (SSSR count). The molecule has 1 aromatic heterocycles. The first-order chi connectivity index (χ1) is 28.8. The van der Waals surface area contributed by atoms with Crippen LogP contribution >= 0.6 is 0 Å². The fourth-order valence-corrected chi connectivity index (χ4v) is 12.0. The predicted molar refractivity (Wildman–Crippen MR) is 262 cm³/mol. The topological polar surface area (TPSA) is 19.6 Å². The van der Waals surface area contributed by atoms with Crippen LogP contribution in [0.5, 0.6) is 0 Å². The SMILES string of the molecule is Cc1cc2c3c(c1)N1c4c(cc(C(C)(C)C)cc4C4(C)CCCCC14C)B3c1ccc3c(oc4cc(C(C)(C)C)ccc43)c1N2c1ccc(C(C)(C)C)cc1-c1ccccc1. The van der Waals surface area contributed by atoms with Gasteiger partial charge in [-0.05, 0) is 123 Å². The normalized spacial score (nSPS) is 20.6. The van der Waals surface area contributed by atoms with Gasteiger partial charge in [0.15, 0.2) is 5.58 Å². The van der Waals surface area contributed by atoms with Crippen molar-refractivity contribution in [2.75, 3.05) is 9.80 Å². The van der Waals surface area contributed by atoms with Crippen LogP contribution in [-0.4, -0.2) is 12.3 Å². The van der Waals surface area contributed by atoms with E-state index in [4.69, 9.17) is 4.42 Å². The maximum absolute atomic E-state index is 7.33. The number of rotatable bonds is 2. The van der Waals surface area contributed by atoms with Gasteiger partial charge in [-0.15, -0.1) is 0 Å². The van der Waals surface area contributed by atoms with Crippen LogP contribution in [-0.2, 0) is 21.7 Å². The second-order valence-electron chi connectivity index (χ2n) is 22.6. The van der Waals surface area contributed by atoms with E-state index in [1.807, 2.05) is 0 Å². The van der Waals surface area contributed by atoms with E-state index >= 15 is 0 Å². The summed E-state index contributed by atoms with van der Waals surface area (Å²) < 4.78 is 7.33. The molecule has 308 valence electrons. The highest BCUT2D eigenvalue weighted by Crippen LogP contribution is 2.62. The molecule has 4 heteroatoms. The quantitative estimate of drug-likeness (QED) is 0.162. The van der Waals surface area contributed by atoms with Gasteiger partial charge in [-0.25, -0.2) is 0 Å². The number of fused-ring (bicyclic) bond motifs is 11. The summed E-state index contributed by atoms with van der Waals surface area (Å²) in [6.45, 7) is 28.6. The number of anilines is 5. The molecule has 1 aliphatic carbocycles. The van der Waals surface area contributed by atoms with Crippen LogP contribution in [0.25, 0.3) is 33.1 Å². The molecule has 4 aliphatic rings.